The number of nitriles is 1. The Morgan fingerprint density at radius 2 is 1.57 bits per heavy atom. The summed E-state index contributed by atoms with van der Waals surface area (Å²) in [7, 11) is 0. The summed E-state index contributed by atoms with van der Waals surface area (Å²) in [6.45, 7) is 0. The van der Waals surface area contributed by atoms with Crippen LogP contribution in [0.15, 0.2) is 24.4 Å². The Labute approximate surface area is 132 Å². The smallest absolute Gasteiger partial charge is 0.244 e. The van der Waals surface area contributed by atoms with Gasteiger partial charge in [-0.1, -0.05) is 34.8 Å². The molecule has 0 saturated carbocycles. The number of rotatable bonds is 1. The number of hydrogen-bond acceptors (Lipinski definition) is 2. The van der Waals surface area contributed by atoms with E-state index in [9.17, 15) is 13.2 Å². The van der Waals surface area contributed by atoms with Crippen molar-refractivity contribution in [3.05, 3.63) is 50.7 Å². The number of aromatic nitrogens is 1. The van der Waals surface area contributed by atoms with E-state index in [4.69, 9.17) is 40.1 Å². The molecule has 0 fully saturated rings. The third-order valence-electron chi connectivity index (χ3n) is 2.62. The summed E-state index contributed by atoms with van der Waals surface area (Å²) in [6, 6.07) is 4.98. The molecule has 8 heteroatoms. The maximum Gasteiger partial charge on any atom is 0.419 e. The lowest BCUT2D eigenvalue weighted by Crippen LogP contribution is -2.09. The van der Waals surface area contributed by atoms with Crippen molar-refractivity contribution in [2.24, 2.45) is 0 Å². The lowest BCUT2D eigenvalue weighted by atomic mass is 10.0. The molecule has 1 aromatic carbocycles. The average molecular weight is 352 g/mol. The molecule has 108 valence electrons. The first kappa shape index (κ1) is 15.9. The predicted octanol–water partition coefficient (Wildman–Crippen LogP) is 5.60. The summed E-state index contributed by atoms with van der Waals surface area (Å²) in [6.07, 6.45) is -3.54. The maximum absolute atomic E-state index is 12.9. The Bertz CT molecular complexity index is 728. The van der Waals surface area contributed by atoms with Gasteiger partial charge in [-0.05, 0) is 23.8 Å². The fourth-order valence-corrected chi connectivity index (χ4v) is 2.25. The van der Waals surface area contributed by atoms with Gasteiger partial charge in [0.25, 0.3) is 0 Å². The Hall–Kier alpha value is -1.48. The van der Waals surface area contributed by atoms with Gasteiger partial charge in [-0.15, -0.1) is 0 Å². The van der Waals surface area contributed by atoms with Crippen LogP contribution in [0.25, 0.3) is 11.1 Å². The molecule has 1 aromatic heterocycles. The van der Waals surface area contributed by atoms with Gasteiger partial charge in [-0.3, -0.25) is 0 Å². The van der Waals surface area contributed by atoms with Gasteiger partial charge in [0, 0.05) is 11.8 Å². The second-order valence-electron chi connectivity index (χ2n) is 3.98. The van der Waals surface area contributed by atoms with Gasteiger partial charge in [0.1, 0.15) is 6.07 Å². The summed E-state index contributed by atoms with van der Waals surface area (Å²) in [5.41, 5.74) is -1.37. The molecule has 0 spiro atoms. The van der Waals surface area contributed by atoms with Gasteiger partial charge in [0.2, 0.25) is 0 Å². The van der Waals surface area contributed by atoms with E-state index in [2.05, 4.69) is 4.98 Å². The minimum atomic E-state index is -4.69. The molecule has 0 aliphatic rings. The fourth-order valence-electron chi connectivity index (χ4n) is 1.65. The van der Waals surface area contributed by atoms with Crippen molar-refractivity contribution < 1.29 is 13.2 Å². The van der Waals surface area contributed by atoms with Gasteiger partial charge in [0.15, 0.2) is 5.69 Å². The number of nitrogens with zero attached hydrogens (tertiary/aromatic N) is 2. The van der Waals surface area contributed by atoms with E-state index in [1.54, 1.807) is 0 Å². The monoisotopic (exact) mass is 350 g/mol. The molecule has 0 unspecified atom stereocenters. The molecular weight excluding hydrogens is 348 g/mol. The largest absolute Gasteiger partial charge is 0.419 e. The van der Waals surface area contributed by atoms with Crippen LogP contribution >= 0.6 is 34.8 Å². The highest BCUT2D eigenvalue weighted by molar-refractivity contribution is 6.48. The van der Waals surface area contributed by atoms with Crippen LogP contribution in [0, 0.1) is 11.3 Å². The molecule has 0 saturated heterocycles. The molecule has 2 aromatic rings. The predicted molar refractivity (Wildman–Crippen MR) is 74.4 cm³/mol. The quantitative estimate of drug-likeness (QED) is 0.627. The van der Waals surface area contributed by atoms with Crippen LogP contribution in [-0.4, -0.2) is 4.98 Å². The third-order valence-corrected chi connectivity index (χ3v) is 3.81. The highest BCUT2D eigenvalue weighted by atomic mass is 35.5. The van der Waals surface area contributed by atoms with Crippen molar-refractivity contribution in [2.75, 3.05) is 0 Å². The van der Waals surface area contributed by atoms with Crippen molar-refractivity contribution >= 4 is 34.8 Å². The van der Waals surface area contributed by atoms with Gasteiger partial charge in [0.05, 0.1) is 20.6 Å². The summed E-state index contributed by atoms with van der Waals surface area (Å²) >= 11 is 17.5. The number of halogens is 6. The van der Waals surface area contributed by atoms with Gasteiger partial charge >= 0.3 is 6.18 Å². The van der Waals surface area contributed by atoms with Gasteiger partial charge in [-0.2, -0.15) is 18.4 Å². The topological polar surface area (TPSA) is 36.7 Å². The van der Waals surface area contributed by atoms with Gasteiger partial charge < -0.3 is 0 Å². The molecule has 0 amide bonds. The summed E-state index contributed by atoms with van der Waals surface area (Å²) in [5.74, 6) is 0. The molecule has 2 nitrogen and oxygen atoms in total. The Balaban J connectivity index is 2.64. The molecule has 0 aliphatic carbocycles. The fraction of sp³-hybridized carbons (Fsp3) is 0.0769. The molecule has 0 N–H and O–H groups in total. The molecule has 0 bridgehead atoms. The second kappa shape index (κ2) is 5.72. The first-order chi connectivity index (χ1) is 9.74. The minimum Gasteiger partial charge on any atom is -0.244 e. The normalized spacial score (nSPS) is 11.3. The van der Waals surface area contributed by atoms with Crippen molar-refractivity contribution in [1.82, 2.24) is 4.98 Å². The number of pyridine rings is 1. The van der Waals surface area contributed by atoms with Crippen molar-refractivity contribution in [3.63, 3.8) is 0 Å². The van der Waals surface area contributed by atoms with E-state index < -0.39 is 17.4 Å². The number of hydrogen-bond donors (Lipinski definition) is 0. The molecule has 0 atom stereocenters. The second-order valence-corrected chi connectivity index (χ2v) is 5.18. The summed E-state index contributed by atoms with van der Waals surface area (Å²) < 4.78 is 38.7. The van der Waals surface area contributed by atoms with E-state index in [-0.39, 0.29) is 20.6 Å². The third kappa shape index (κ3) is 3.24. The average Bonchev–Trinajstić information content (AvgIpc) is 2.42. The first-order valence-electron chi connectivity index (χ1n) is 5.36. The summed E-state index contributed by atoms with van der Waals surface area (Å²) in [5, 5.41) is 9.02. The van der Waals surface area contributed by atoms with Crippen LogP contribution in [0.3, 0.4) is 0 Å². The zero-order valence-corrected chi connectivity index (χ0v) is 12.2. The summed E-state index contributed by atoms with van der Waals surface area (Å²) in [4.78, 5) is 3.52. The van der Waals surface area contributed by atoms with Crippen LogP contribution in [0.2, 0.25) is 15.1 Å². The van der Waals surface area contributed by atoms with Crippen molar-refractivity contribution in [1.29, 1.82) is 5.26 Å². The lowest BCUT2D eigenvalue weighted by molar-refractivity contribution is -0.138. The first-order valence-corrected chi connectivity index (χ1v) is 6.49. The number of alkyl halides is 3. The van der Waals surface area contributed by atoms with Crippen molar-refractivity contribution in [2.45, 2.75) is 6.18 Å². The zero-order chi connectivity index (χ0) is 15.8. The van der Waals surface area contributed by atoms with Crippen LogP contribution in [-0.2, 0) is 6.18 Å². The SMILES string of the molecule is N#Cc1ncc(-c2cc(Cl)c(Cl)c(Cl)c2)cc1C(F)(F)F. The standard InChI is InChI=1S/C13H4Cl3F3N2/c14-9-2-6(3-10(15)12(9)16)7-1-8(13(17,18)19)11(4-20)21-5-7/h1-3,5H. The number of benzene rings is 1. The molecule has 2 rings (SSSR count). The highest BCUT2D eigenvalue weighted by Crippen LogP contribution is 2.37. The van der Waals surface area contributed by atoms with E-state index in [1.165, 1.54) is 18.2 Å². The van der Waals surface area contributed by atoms with E-state index in [1.807, 2.05) is 0 Å². The van der Waals surface area contributed by atoms with Crippen molar-refractivity contribution in [3.8, 4) is 17.2 Å². The van der Waals surface area contributed by atoms with E-state index in [0.717, 1.165) is 12.3 Å². The van der Waals surface area contributed by atoms with E-state index >= 15 is 0 Å². The van der Waals surface area contributed by atoms with Crippen LogP contribution in [0.4, 0.5) is 13.2 Å². The minimum absolute atomic E-state index is 0.108. The molecule has 1 heterocycles. The van der Waals surface area contributed by atoms with Crippen LogP contribution < -0.4 is 0 Å². The highest BCUT2D eigenvalue weighted by Gasteiger charge is 2.34. The lowest BCUT2D eigenvalue weighted by Gasteiger charge is -2.11. The van der Waals surface area contributed by atoms with Crippen LogP contribution in [0.1, 0.15) is 11.3 Å². The molecule has 0 radical (unpaired) electrons. The molecule has 0 aliphatic heterocycles. The molecule has 21 heavy (non-hydrogen) atoms. The maximum atomic E-state index is 12.9. The van der Waals surface area contributed by atoms with E-state index in [0.29, 0.717) is 5.56 Å². The Morgan fingerprint density at radius 3 is 2.05 bits per heavy atom. The van der Waals surface area contributed by atoms with Gasteiger partial charge in [-0.25, -0.2) is 4.98 Å². The Kier molecular flexibility index (Phi) is 4.33. The zero-order valence-electron chi connectivity index (χ0n) is 9.97. The van der Waals surface area contributed by atoms with Crippen LogP contribution in [0.5, 0.6) is 0 Å². The Morgan fingerprint density at radius 1 is 1.00 bits per heavy atom. The molecular formula is C13H4Cl3F3N2.